The molecule has 0 aromatic heterocycles. The molecule has 1 aromatic carbocycles. The summed E-state index contributed by atoms with van der Waals surface area (Å²) in [5.74, 6) is 1.58. The normalized spacial score (nSPS) is 23.8. The summed E-state index contributed by atoms with van der Waals surface area (Å²) in [5, 5.41) is 20.0. The Balaban J connectivity index is 2.63. The van der Waals surface area contributed by atoms with E-state index in [9.17, 15) is 10.2 Å². The van der Waals surface area contributed by atoms with Gasteiger partial charge in [-0.2, -0.15) is 0 Å². The van der Waals surface area contributed by atoms with Gasteiger partial charge >= 0.3 is 0 Å². The van der Waals surface area contributed by atoms with E-state index in [0.717, 1.165) is 17.5 Å². The van der Waals surface area contributed by atoms with E-state index in [1.807, 2.05) is 6.92 Å². The van der Waals surface area contributed by atoms with Crippen LogP contribution in [0.25, 0.3) is 0 Å². The second-order valence-electron chi connectivity index (χ2n) is 5.72. The fraction of sp³-hybridized carbons (Fsp3) is 0.600. The summed E-state index contributed by atoms with van der Waals surface area (Å²) in [6.07, 6.45) is 2.27. The van der Waals surface area contributed by atoms with Crippen LogP contribution >= 0.6 is 0 Å². The molecule has 0 spiro atoms. The van der Waals surface area contributed by atoms with Gasteiger partial charge < -0.3 is 10.2 Å². The highest BCUT2D eigenvalue weighted by Crippen LogP contribution is 2.49. The second kappa shape index (κ2) is 4.25. The Hall–Kier alpha value is -1.18. The highest BCUT2D eigenvalue weighted by atomic mass is 16.3. The molecule has 0 radical (unpaired) electrons. The van der Waals surface area contributed by atoms with Crippen molar-refractivity contribution in [2.75, 3.05) is 0 Å². The molecule has 0 amide bonds. The maximum atomic E-state index is 10.1. The lowest BCUT2D eigenvalue weighted by Crippen LogP contribution is -2.17. The molecule has 1 aromatic rings. The molecular formula is C15H22O2. The smallest absolute Gasteiger partial charge is 0.161 e. The summed E-state index contributed by atoms with van der Waals surface area (Å²) in [6.45, 7) is 8.43. The predicted octanol–water partition coefficient (Wildman–Crippen LogP) is 4.04. The Bertz CT molecular complexity index is 435. The minimum atomic E-state index is 0.0556. The van der Waals surface area contributed by atoms with Crippen molar-refractivity contribution in [1.29, 1.82) is 0 Å². The van der Waals surface area contributed by atoms with Gasteiger partial charge in [0.2, 0.25) is 0 Å². The number of fused-ring (bicyclic) bond motifs is 1. The summed E-state index contributed by atoms with van der Waals surface area (Å²) in [7, 11) is 0. The molecule has 0 saturated carbocycles. The molecule has 0 bridgehead atoms. The van der Waals surface area contributed by atoms with E-state index in [4.69, 9.17) is 0 Å². The number of benzene rings is 1. The van der Waals surface area contributed by atoms with Crippen LogP contribution in [-0.4, -0.2) is 10.2 Å². The van der Waals surface area contributed by atoms with Gasteiger partial charge in [0, 0.05) is 5.56 Å². The molecule has 2 heteroatoms. The molecule has 0 saturated heterocycles. The van der Waals surface area contributed by atoms with E-state index in [0.29, 0.717) is 17.8 Å². The fourth-order valence-electron chi connectivity index (χ4n) is 3.08. The van der Waals surface area contributed by atoms with Gasteiger partial charge in [-0.15, -0.1) is 0 Å². The van der Waals surface area contributed by atoms with Crippen molar-refractivity contribution in [1.82, 2.24) is 0 Å². The van der Waals surface area contributed by atoms with Crippen molar-refractivity contribution in [3.05, 3.63) is 22.8 Å². The maximum absolute atomic E-state index is 10.1. The molecule has 2 nitrogen and oxygen atoms in total. The van der Waals surface area contributed by atoms with Crippen LogP contribution in [0.1, 0.15) is 62.1 Å². The van der Waals surface area contributed by atoms with Crippen LogP contribution in [0.2, 0.25) is 0 Å². The van der Waals surface area contributed by atoms with Crippen LogP contribution in [0.3, 0.4) is 0 Å². The summed E-state index contributed by atoms with van der Waals surface area (Å²) < 4.78 is 0. The Kier molecular flexibility index (Phi) is 3.07. The molecule has 17 heavy (non-hydrogen) atoms. The molecule has 1 aliphatic rings. The van der Waals surface area contributed by atoms with E-state index in [1.165, 1.54) is 12.0 Å². The highest BCUT2D eigenvalue weighted by Gasteiger charge is 2.30. The zero-order chi connectivity index (χ0) is 12.7. The van der Waals surface area contributed by atoms with Crippen molar-refractivity contribution in [3.8, 4) is 11.5 Å². The quantitative estimate of drug-likeness (QED) is 0.720. The lowest BCUT2D eigenvalue weighted by Gasteiger charge is -2.33. The third-order valence-electron chi connectivity index (χ3n) is 4.14. The van der Waals surface area contributed by atoms with Crippen molar-refractivity contribution >= 4 is 0 Å². The van der Waals surface area contributed by atoms with Crippen molar-refractivity contribution in [2.45, 2.75) is 52.4 Å². The monoisotopic (exact) mass is 234 g/mol. The molecular weight excluding hydrogens is 212 g/mol. The first kappa shape index (κ1) is 12.3. The number of phenolic OH excluding ortho intramolecular Hbond substituents is 2. The molecule has 2 rings (SSSR count). The van der Waals surface area contributed by atoms with Crippen LogP contribution < -0.4 is 0 Å². The number of phenols is 2. The van der Waals surface area contributed by atoms with Crippen molar-refractivity contribution < 1.29 is 10.2 Å². The van der Waals surface area contributed by atoms with Crippen LogP contribution in [0, 0.1) is 12.8 Å². The molecule has 2 N–H and O–H groups in total. The van der Waals surface area contributed by atoms with E-state index in [-0.39, 0.29) is 11.5 Å². The first-order valence-corrected chi connectivity index (χ1v) is 6.48. The van der Waals surface area contributed by atoms with E-state index in [1.54, 1.807) is 0 Å². The van der Waals surface area contributed by atoms with Crippen LogP contribution in [0.15, 0.2) is 6.07 Å². The van der Waals surface area contributed by atoms with Crippen LogP contribution in [0.5, 0.6) is 11.5 Å². The summed E-state index contributed by atoms with van der Waals surface area (Å²) >= 11 is 0. The number of aromatic hydroxyl groups is 2. The van der Waals surface area contributed by atoms with E-state index < -0.39 is 0 Å². The zero-order valence-electron chi connectivity index (χ0n) is 11.1. The summed E-state index contributed by atoms with van der Waals surface area (Å²) in [5.41, 5.74) is 2.99. The predicted molar refractivity (Wildman–Crippen MR) is 69.7 cm³/mol. The molecule has 0 heterocycles. The lowest BCUT2D eigenvalue weighted by molar-refractivity contribution is 0.367. The first-order valence-electron chi connectivity index (χ1n) is 6.48. The number of hydrogen-bond acceptors (Lipinski definition) is 2. The average molecular weight is 234 g/mol. The van der Waals surface area contributed by atoms with Crippen molar-refractivity contribution in [2.24, 2.45) is 5.92 Å². The standard InChI is InChI=1S/C15H22O2/c1-8(2)11-6-5-9(3)13-12(11)7-10(4)14(16)15(13)17/h7-9,11,16-17H,5-6H2,1-4H3/t9-,11+/m1/s1. The molecule has 0 unspecified atom stereocenters. The largest absolute Gasteiger partial charge is 0.504 e. The third-order valence-corrected chi connectivity index (χ3v) is 4.14. The van der Waals surface area contributed by atoms with Crippen LogP contribution in [-0.2, 0) is 0 Å². The van der Waals surface area contributed by atoms with Gasteiger partial charge in [0.15, 0.2) is 11.5 Å². The Morgan fingerprint density at radius 3 is 2.41 bits per heavy atom. The van der Waals surface area contributed by atoms with Gasteiger partial charge in [-0.3, -0.25) is 0 Å². The first-order chi connectivity index (χ1) is 7.93. The van der Waals surface area contributed by atoms with Gasteiger partial charge in [-0.05, 0) is 48.6 Å². The molecule has 0 aliphatic heterocycles. The molecule has 94 valence electrons. The number of rotatable bonds is 1. The van der Waals surface area contributed by atoms with Crippen LogP contribution in [0.4, 0.5) is 0 Å². The average Bonchev–Trinajstić information content (AvgIpc) is 2.25. The molecule has 1 aliphatic carbocycles. The Morgan fingerprint density at radius 1 is 1.18 bits per heavy atom. The summed E-state index contributed by atoms with van der Waals surface area (Å²) in [6, 6.07) is 2.06. The van der Waals surface area contributed by atoms with Gasteiger partial charge in [-0.25, -0.2) is 0 Å². The topological polar surface area (TPSA) is 40.5 Å². The lowest BCUT2D eigenvalue weighted by atomic mass is 9.72. The van der Waals surface area contributed by atoms with Gasteiger partial charge in [0.1, 0.15) is 0 Å². The van der Waals surface area contributed by atoms with Gasteiger partial charge in [-0.1, -0.05) is 26.8 Å². The Morgan fingerprint density at radius 2 is 1.82 bits per heavy atom. The molecule has 0 fully saturated rings. The Labute approximate surface area is 103 Å². The second-order valence-corrected chi connectivity index (χ2v) is 5.72. The fourth-order valence-corrected chi connectivity index (χ4v) is 3.08. The highest BCUT2D eigenvalue weighted by molar-refractivity contribution is 5.56. The number of aryl methyl sites for hydroxylation is 1. The zero-order valence-corrected chi connectivity index (χ0v) is 11.1. The van der Waals surface area contributed by atoms with Gasteiger partial charge in [0.05, 0.1) is 0 Å². The summed E-state index contributed by atoms with van der Waals surface area (Å²) in [4.78, 5) is 0. The van der Waals surface area contributed by atoms with Crippen molar-refractivity contribution in [3.63, 3.8) is 0 Å². The third kappa shape index (κ3) is 1.90. The minimum absolute atomic E-state index is 0.0556. The minimum Gasteiger partial charge on any atom is -0.504 e. The van der Waals surface area contributed by atoms with E-state index in [2.05, 4.69) is 26.8 Å². The van der Waals surface area contributed by atoms with E-state index >= 15 is 0 Å². The maximum Gasteiger partial charge on any atom is 0.161 e. The van der Waals surface area contributed by atoms with Gasteiger partial charge in [0.25, 0.3) is 0 Å². The molecule has 2 atom stereocenters. The number of hydrogen-bond donors (Lipinski definition) is 2. The SMILES string of the molecule is Cc1cc2c(c(O)c1O)[C@H](C)CC[C@H]2C(C)C.